The highest BCUT2D eigenvalue weighted by molar-refractivity contribution is 8.18. The molecule has 0 radical (unpaired) electrons. The SMILES string of the molecule is O=C1NC(=Nc2ccc(C(=O)O)c(O)c2)S/C1=C\c1ccc(Cl)cc1Cl. The molecule has 1 heterocycles. The maximum absolute atomic E-state index is 12.1. The third-order valence-corrected chi connectivity index (χ3v) is 4.81. The van der Waals surface area contributed by atoms with Gasteiger partial charge in [0.2, 0.25) is 0 Å². The number of nitrogens with one attached hydrogen (secondary N) is 1. The molecule has 0 unspecified atom stereocenters. The Balaban J connectivity index is 1.85. The lowest BCUT2D eigenvalue weighted by Gasteiger charge is -2.01. The Hall–Kier alpha value is -2.48. The average Bonchev–Trinajstić information content (AvgIpc) is 2.89. The molecule has 0 aromatic heterocycles. The molecule has 1 fully saturated rings. The molecule has 0 spiro atoms. The molecule has 1 aliphatic rings. The first-order chi connectivity index (χ1) is 12.3. The monoisotopic (exact) mass is 408 g/mol. The molecule has 0 aliphatic carbocycles. The lowest BCUT2D eigenvalue weighted by Crippen LogP contribution is -2.19. The zero-order valence-corrected chi connectivity index (χ0v) is 15.2. The van der Waals surface area contributed by atoms with Gasteiger partial charge in [0.25, 0.3) is 5.91 Å². The fraction of sp³-hybridized carbons (Fsp3) is 0. The van der Waals surface area contributed by atoms with Crippen LogP contribution in [0.25, 0.3) is 6.08 Å². The summed E-state index contributed by atoms with van der Waals surface area (Å²) in [4.78, 5) is 27.6. The van der Waals surface area contributed by atoms with Crippen LogP contribution in [0.1, 0.15) is 15.9 Å². The average molecular weight is 409 g/mol. The van der Waals surface area contributed by atoms with E-state index < -0.39 is 11.7 Å². The number of phenols is 1. The summed E-state index contributed by atoms with van der Waals surface area (Å²) in [6, 6.07) is 8.82. The highest BCUT2D eigenvalue weighted by atomic mass is 35.5. The largest absolute Gasteiger partial charge is 0.507 e. The highest BCUT2D eigenvalue weighted by Crippen LogP contribution is 2.31. The van der Waals surface area contributed by atoms with E-state index in [2.05, 4.69) is 10.3 Å². The molecule has 3 N–H and O–H groups in total. The van der Waals surface area contributed by atoms with Gasteiger partial charge in [0.15, 0.2) is 5.17 Å². The standard InChI is InChI=1S/C17H10Cl2N2O4S/c18-9-2-1-8(12(19)6-9)5-14-15(23)21-17(26-14)20-10-3-4-11(16(24)25)13(22)7-10/h1-7,22H,(H,24,25)(H,20,21,23)/b14-5-. The van der Waals surface area contributed by atoms with Crippen molar-refractivity contribution in [1.29, 1.82) is 0 Å². The molecule has 2 aromatic carbocycles. The second-order valence-corrected chi connectivity index (χ2v) is 7.03. The van der Waals surface area contributed by atoms with Crippen LogP contribution in [0, 0.1) is 0 Å². The first-order valence-corrected chi connectivity index (χ1v) is 8.71. The van der Waals surface area contributed by atoms with Crippen molar-refractivity contribution >= 4 is 63.8 Å². The summed E-state index contributed by atoms with van der Waals surface area (Å²) in [5.74, 6) is -1.99. The number of nitrogens with zero attached hydrogens (tertiary/aromatic N) is 1. The van der Waals surface area contributed by atoms with Gasteiger partial charge in [-0.25, -0.2) is 9.79 Å². The molecule has 1 saturated heterocycles. The number of carbonyl (C=O) groups is 2. The number of hydrogen-bond acceptors (Lipinski definition) is 5. The number of carboxylic acids is 1. The van der Waals surface area contributed by atoms with Gasteiger partial charge >= 0.3 is 5.97 Å². The van der Waals surface area contributed by atoms with E-state index in [4.69, 9.17) is 28.3 Å². The number of aromatic carboxylic acids is 1. The van der Waals surface area contributed by atoms with Crippen LogP contribution < -0.4 is 5.32 Å². The molecule has 26 heavy (non-hydrogen) atoms. The van der Waals surface area contributed by atoms with Gasteiger partial charge in [0.1, 0.15) is 11.3 Å². The summed E-state index contributed by atoms with van der Waals surface area (Å²) >= 11 is 13.1. The smallest absolute Gasteiger partial charge is 0.339 e. The number of rotatable bonds is 3. The number of carbonyl (C=O) groups excluding carboxylic acids is 1. The van der Waals surface area contributed by atoms with Gasteiger partial charge in [0, 0.05) is 16.1 Å². The van der Waals surface area contributed by atoms with E-state index in [0.29, 0.717) is 31.4 Å². The quantitative estimate of drug-likeness (QED) is 0.657. The lowest BCUT2D eigenvalue weighted by molar-refractivity contribution is -0.115. The summed E-state index contributed by atoms with van der Waals surface area (Å²) < 4.78 is 0. The lowest BCUT2D eigenvalue weighted by atomic mass is 10.2. The first-order valence-electron chi connectivity index (χ1n) is 7.14. The van der Waals surface area contributed by atoms with Crippen LogP contribution in [0.4, 0.5) is 5.69 Å². The van der Waals surface area contributed by atoms with Crippen LogP contribution in [0.5, 0.6) is 5.75 Å². The molecule has 6 nitrogen and oxygen atoms in total. The Kier molecular flexibility index (Phi) is 5.22. The first kappa shape index (κ1) is 18.3. The van der Waals surface area contributed by atoms with Crippen molar-refractivity contribution in [3.05, 3.63) is 62.5 Å². The molecule has 2 aromatic rings. The van der Waals surface area contributed by atoms with Gasteiger partial charge in [-0.2, -0.15) is 0 Å². The second kappa shape index (κ2) is 7.41. The number of amides is 1. The minimum Gasteiger partial charge on any atom is -0.507 e. The van der Waals surface area contributed by atoms with Crippen LogP contribution in [0.3, 0.4) is 0 Å². The van der Waals surface area contributed by atoms with E-state index in [1.165, 1.54) is 18.2 Å². The number of amidine groups is 1. The molecule has 132 valence electrons. The molecule has 3 rings (SSSR count). The second-order valence-electron chi connectivity index (χ2n) is 5.15. The third kappa shape index (κ3) is 4.01. The van der Waals surface area contributed by atoms with Crippen LogP contribution in [-0.4, -0.2) is 27.3 Å². The Morgan fingerprint density at radius 2 is 1.96 bits per heavy atom. The Morgan fingerprint density at radius 3 is 2.62 bits per heavy atom. The van der Waals surface area contributed by atoms with E-state index in [1.54, 1.807) is 24.3 Å². The van der Waals surface area contributed by atoms with Crippen molar-refractivity contribution in [3.8, 4) is 5.75 Å². The van der Waals surface area contributed by atoms with Gasteiger partial charge in [-0.15, -0.1) is 0 Å². The molecule has 9 heteroatoms. The summed E-state index contributed by atoms with van der Waals surface area (Å²) in [5.41, 5.74) is 0.717. The minimum absolute atomic E-state index is 0.227. The fourth-order valence-corrected chi connectivity index (χ4v) is 3.42. The molecule has 0 saturated carbocycles. The number of aliphatic imine (C=N–C) groups is 1. The predicted molar refractivity (Wildman–Crippen MR) is 102 cm³/mol. The number of aromatic hydroxyl groups is 1. The predicted octanol–water partition coefficient (Wildman–Crippen LogP) is 4.29. The highest BCUT2D eigenvalue weighted by Gasteiger charge is 2.24. The van der Waals surface area contributed by atoms with Gasteiger partial charge in [-0.05, 0) is 47.7 Å². The number of benzene rings is 2. The van der Waals surface area contributed by atoms with E-state index in [1.807, 2.05) is 0 Å². The van der Waals surface area contributed by atoms with Gasteiger partial charge < -0.3 is 15.5 Å². The maximum Gasteiger partial charge on any atom is 0.339 e. The topological polar surface area (TPSA) is 99.0 Å². The Labute approximate surface area is 162 Å². The van der Waals surface area contributed by atoms with Gasteiger partial charge in [0.05, 0.1) is 10.6 Å². The van der Waals surface area contributed by atoms with Crippen molar-refractivity contribution in [2.75, 3.05) is 0 Å². The summed E-state index contributed by atoms with van der Waals surface area (Å²) in [6.07, 6.45) is 1.62. The van der Waals surface area contributed by atoms with Crippen molar-refractivity contribution in [2.45, 2.75) is 0 Å². The van der Waals surface area contributed by atoms with Gasteiger partial charge in [-0.1, -0.05) is 29.3 Å². The van der Waals surface area contributed by atoms with Crippen LogP contribution in [0.15, 0.2) is 46.3 Å². The van der Waals surface area contributed by atoms with Crippen molar-refractivity contribution in [2.24, 2.45) is 4.99 Å². The van der Waals surface area contributed by atoms with Gasteiger partial charge in [-0.3, -0.25) is 4.79 Å². The maximum atomic E-state index is 12.1. The Bertz CT molecular complexity index is 989. The van der Waals surface area contributed by atoms with E-state index in [-0.39, 0.29) is 11.5 Å². The summed E-state index contributed by atoms with van der Waals surface area (Å²) in [5, 5.41) is 22.4. The van der Waals surface area contributed by atoms with Crippen molar-refractivity contribution < 1.29 is 19.8 Å². The molecular weight excluding hydrogens is 399 g/mol. The van der Waals surface area contributed by atoms with E-state index in [0.717, 1.165) is 11.8 Å². The molecule has 0 bridgehead atoms. The van der Waals surface area contributed by atoms with Crippen molar-refractivity contribution in [3.63, 3.8) is 0 Å². The fourth-order valence-electron chi connectivity index (χ4n) is 2.13. The Morgan fingerprint density at radius 1 is 1.19 bits per heavy atom. The number of thioether (sulfide) groups is 1. The minimum atomic E-state index is -1.24. The molecule has 0 atom stereocenters. The van der Waals surface area contributed by atoms with E-state index >= 15 is 0 Å². The summed E-state index contributed by atoms with van der Waals surface area (Å²) in [6.45, 7) is 0. The summed E-state index contributed by atoms with van der Waals surface area (Å²) in [7, 11) is 0. The zero-order valence-electron chi connectivity index (χ0n) is 12.9. The van der Waals surface area contributed by atoms with Crippen LogP contribution >= 0.6 is 35.0 Å². The molecular formula is C17H10Cl2N2O4S. The molecule has 1 aliphatic heterocycles. The van der Waals surface area contributed by atoms with Crippen LogP contribution in [0.2, 0.25) is 10.0 Å². The van der Waals surface area contributed by atoms with E-state index in [9.17, 15) is 14.7 Å². The van der Waals surface area contributed by atoms with Crippen molar-refractivity contribution in [1.82, 2.24) is 5.32 Å². The number of hydrogen-bond donors (Lipinski definition) is 3. The zero-order chi connectivity index (χ0) is 18.8. The normalized spacial score (nSPS) is 16.9. The number of halogens is 2. The molecule has 1 amide bonds. The van der Waals surface area contributed by atoms with Crippen LogP contribution in [-0.2, 0) is 4.79 Å². The third-order valence-electron chi connectivity index (χ3n) is 3.34. The number of carboxylic acid groups (broad SMARTS) is 1.